The van der Waals surface area contributed by atoms with E-state index in [2.05, 4.69) is 21.9 Å². The number of nitrogens with zero attached hydrogens (tertiary/aromatic N) is 4. The third-order valence-corrected chi connectivity index (χ3v) is 4.83. The van der Waals surface area contributed by atoms with Gasteiger partial charge < -0.3 is 15.0 Å². The highest BCUT2D eigenvalue weighted by molar-refractivity contribution is 5.82. The first-order chi connectivity index (χ1) is 12.4. The van der Waals surface area contributed by atoms with Crippen LogP contribution in [-0.2, 0) is 6.54 Å². The molecule has 0 radical (unpaired) electrons. The molecule has 26 heavy (non-hydrogen) atoms. The molecule has 0 amide bonds. The number of hydrogen-bond donors (Lipinski definition) is 1. The van der Waals surface area contributed by atoms with E-state index in [-0.39, 0.29) is 29.4 Å². The Bertz CT molecular complexity index is 997. The van der Waals surface area contributed by atoms with E-state index in [9.17, 15) is 8.78 Å². The number of imidazole rings is 1. The molecule has 1 aliphatic rings. The summed E-state index contributed by atoms with van der Waals surface area (Å²) in [7, 11) is 0. The molecule has 0 spiro atoms. The summed E-state index contributed by atoms with van der Waals surface area (Å²) < 4.78 is 35.6. The third kappa shape index (κ3) is 2.95. The maximum absolute atomic E-state index is 14.3. The Morgan fingerprint density at radius 3 is 2.77 bits per heavy atom. The van der Waals surface area contributed by atoms with Crippen LogP contribution in [0.4, 0.5) is 14.6 Å². The molecule has 0 saturated heterocycles. The fourth-order valence-corrected chi connectivity index (χ4v) is 2.75. The van der Waals surface area contributed by atoms with Gasteiger partial charge in [-0.25, -0.2) is 13.8 Å². The van der Waals surface area contributed by atoms with Gasteiger partial charge in [0.05, 0.1) is 19.5 Å². The van der Waals surface area contributed by atoms with Crippen molar-refractivity contribution in [2.45, 2.75) is 33.2 Å². The number of nitrogen functional groups attached to an aromatic ring is 1. The molecule has 0 bridgehead atoms. The lowest BCUT2D eigenvalue weighted by atomic mass is 10.1. The Hall–Kier alpha value is -2.77. The molecule has 1 aliphatic carbocycles. The fourth-order valence-electron chi connectivity index (χ4n) is 2.75. The summed E-state index contributed by atoms with van der Waals surface area (Å²) in [5.41, 5.74) is 7.21. The van der Waals surface area contributed by atoms with Crippen molar-refractivity contribution >= 4 is 17.0 Å². The summed E-state index contributed by atoms with van der Waals surface area (Å²) in [6.07, 6.45) is 3.66. The first kappa shape index (κ1) is 16.7. The zero-order valence-electron chi connectivity index (χ0n) is 14.6. The topological polar surface area (TPSA) is 78.9 Å². The van der Waals surface area contributed by atoms with Crippen LogP contribution in [0.5, 0.6) is 6.01 Å². The van der Waals surface area contributed by atoms with Gasteiger partial charge in [-0.1, -0.05) is 13.0 Å². The summed E-state index contributed by atoms with van der Waals surface area (Å²) in [5.74, 6) is -1.02. The number of halogens is 2. The van der Waals surface area contributed by atoms with Gasteiger partial charge in [-0.3, -0.25) is 0 Å². The summed E-state index contributed by atoms with van der Waals surface area (Å²) in [5, 5.41) is 0. The molecule has 3 aromatic rings. The van der Waals surface area contributed by atoms with E-state index in [1.165, 1.54) is 18.5 Å². The number of aryl methyl sites for hydroxylation is 1. The van der Waals surface area contributed by atoms with Crippen molar-refractivity contribution < 1.29 is 13.5 Å². The zero-order valence-corrected chi connectivity index (χ0v) is 14.6. The van der Waals surface area contributed by atoms with Crippen molar-refractivity contribution in [1.82, 2.24) is 19.5 Å². The maximum Gasteiger partial charge on any atom is 0.320 e. The predicted molar refractivity (Wildman–Crippen MR) is 92.8 cm³/mol. The van der Waals surface area contributed by atoms with Crippen LogP contribution in [0.25, 0.3) is 11.2 Å². The van der Waals surface area contributed by atoms with Crippen LogP contribution in [-0.4, -0.2) is 26.1 Å². The summed E-state index contributed by atoms with van der Waals surface area (Å²) >= 11 is 0. The van der Waals surface area contributed by atoms with Gasteiger partial charge in [0.2, 0.25) is 0 Å². The molecule has 4 rings (SSSR count). The molecule has 1 saturated carbocycles. The van der Waals surface area contributed by atoms with E-state index in [0.717, 1.165) is 12.8 Å². The highest BCUT2D eigenvalue weighted by atomic mass is 19.1. The molecule has 0 unspecified atom stereocenters. The van der Waals surface area contributed by atoms with Gasteiger partial charge in [-0.15, -0.1) is 0 Å². The first-order valence-corrected chi connectivity index (χ1v) is 8.41. The standard InChI is InChI=1S/C18H19F2N5O/c1-10-3-4-12(19)11(13(10)20)7-25-9-22-14-15(21)23-17(24-16(14)25)26-8-18(2)5-6-18/h3-4,9H,5-8H2,1-2H3,(H2,21,23,24). The SMILES string of the molecule is Cc1ccc(F)c(Cn2cnc3c(N)nc(OCC4(C)CC4)nc32)c1F. The monoisotopic (exact) mass is 359 g/mol. The first-order valence-electron chi connectivity index (χ1n) is 8.41. The van der Waals surface area contributed by atoms with E-state index in [1.807, 2.05) is 0 Å². The zero-order chi connectivity index (χ0) is 18.5. The Morgan fingerprint density at radius 1 is 1.27 bits per heavy atom. The van der Waals surface area contributed by atoms with E-state index in [4.69, 9.17) is 10.5 Å². The summed E-state index contributed by atoms with van der Waals surface area (Å²) in [6.45, 7) is 4.17. The van der Waals surface area contributed by atoms with E-state index in [0.29, 0.717) is 23.3 Å². The number of hydrogen-bond acceptors (Lipinski definition) is 5. The number of anilines is 1. The van der Waals surface area contributed by atoms with Crippen molar-refractivity contribution in [2.24, 2.45) is 5.41 Å². The highest BCUT2D eigenvalue weighted by Crippen LogP contribution is 2.44. The predicted octanol–water partition coefficient (Wildman–Crippen LogP) is 3.22. The van der Waals surface area contributed by atoms with E-state index >= 15 is 0 Å². The molecule has 1 fully saturated rings. The number of ether oxygens (including phenoxy) is 1. The number of rotatable bonds is 5. The smallest absolute Gasteiger partial charge is 0.320 e. The fraction of sp³-hybridized carbons (Fsp3) is 0.389. The normalized spacial score (nSPS) is 15.4. The maximum atomic E-state index is 14.3. The van der Waals surface area contributed by atoms with Crippen molar-refractivity contribution in [3.8, 4) is 6.01 Å². The minimum absolute atomic E-state index is 0.0468. The van der Waals surface area contributed by atoms with Gasteiger partial charge in [-0.05, 0) is 31.4 Å². The van der Waals surface area contributed by atoms with Gasteiger partial charge in [0.15, 0.2) is 17.0 Å². The van der Waals surface area contributed by atoms with E-state index in [1.54, 1.807) is 11.5 Å². The van der Waals surface area contributed by atoms with Gasteiger partial charge in [0, 0.05) is 11.0 Å². The summed E-state index contributed by atoms with van der Waals surface area (Å²) in [6, 6.07) is 2.81. The van der Waals surface area contributed by atoms with Crippen LogP contribution < -0.4 is 10.5 Å². The molecule has 2 N–H and O–H groups in total. The van der Waals surface area contributed by atoms with Crippen molar-refractivity contribution in [3.05, 3.63) is 41.2 Å². The summed E-state index contributed by atoms with van der Waals surface area (Å²) in [4.78, 5) is 12.6. The lowest BCUT2D eigenvalue weighted by molar-refractivity contribution is 0.230. The van der Waals surface area contributed by atoms with Gasteiger partial charge in [0.1, 0.15) is 11.6 Å². The molecule has 2 heterocycles. The second-order valence-corrected chi connectivity index (χ2v) is 7.19. The van der Waals surface area contributed by atoms with Crippen LogP contribution in [0.3, 0.4) is 0 Å². The molecular formula is C18H19F2N5O. The number of nitrogens with two attached hydrogens (primary N) is 1. The lowest BCUT2D eigenvalue weighted by Gasteiger charge is -2.11. The van der Waals surface area contributed by atoms with Gasteiger partial charge in [0.25, 0.3) is 0 Å². The molecule has 136 valence electrons. The number of fused-ring (bicyclic) bond motifs is 1. The van der Waals surface area contributed by atoms with Crippen LogP contribution in [0.1, 0.15) is 30.9 Å². The largest absolute Gasteiger partial charge is 0.463 e. The van der Waals surface area contributed by atoms with Crippen LogP contribution in [0.15, 0.2) is 18.5 Å². The molecule has 2 aromatic heterocycles. The second-order valence-electron chi connectivity index (χ2n) is 7.19. The quantitative estimate of drug-likeness (QED) is 0.757. The number of aromatic nitrogens is 4. The molecule has 0 atom stereocenters. The van der Waals surface area contributed by atoms with Gasteiger partial charge in [-0.2, -0.15) is 9.97 Å². The minimum Gasteiger partial charge on any atom is -0.463 e. The highest BCUT2D eigenvalue weighted by Gasteiger charge is 2.38. The van der Waals surface area contributed by atoms with Crippen LogP contribution in [0.2, 0.25) is 0 Å². The Morgan fingerprint density at radius 2 is 2.04 bits per heavy atom. The van der Waals surface area contributed by atoms with Crippen molar-refractivity contribution in [2.75, 3.05) is 12.3 Å². The minimum atomic E-state index is -0.616. The molecule has 1 aromatic carbocycles. The van der Waals surface area contributed by atoms with Crippen LogP contribution >= 0.6 is 0 Å². The van der Waals surface area contributed by atoms with Gasteiger partial charge >= 0.3 is 6.01 Å². The average Bonchev–Trinajstić information content (AvgIpc) is 3.21. The third-order valence-electron chi connectivity index (χ3n) is 4.83. The van der Waals surface area contributed by atoms with Crippen molar-refractivity contribution in [3.63, 3.8) is 0 Å². The van der Waals surface area contributed by atoms with E-state index < -0.39 is 11.6 Å². The molecule has 8 heteroatoms. The number of benzene rings is 1. The lowest BCUT2D eigenvalue weighted by Crippen LogP contribution is -2.12. The Kier molecular flexibility index (Phi) is 3.78. The Balaban J connectivity index is 1.69. The second kappa shape index (κ2) is 5.89. The Labute approximate surface area is 149 Å². The van der Waals surface area contributed by atoms with Crippen LogP contribution in [0, 0.1) is 24.0 Å². The van der Waals surface area contributed by atoms with Crippen molar-refractivity contribution in [1.29, 1.82) is 0 Å². The molecule has 6 nitrogen and oxygen atoms in total. The molecular weight excluding hydrogens is 340 g/mol. The molecule has 0 aliphatic heterocycles. The average molecular weight is 359 g/mol.